The second-order valence-corrected chi connectivity index (χ2v) is 12.0. The molecule has 7 rings (SSSR count). The summed E-state index contributed by atoms with van der Waals surface area (Å²) in [5, 5.41) is 10.1. The van der Waals surface area contributed by atoms with Gasteiger partial charge in [-0.25, -0.2) is 0 Å². The molecule has 7 aromatic carbocycles. The van der Waals surface area contributed by atoms with Gasteiger partial charge < -0.3 is 0 Å². The fourth-order valence-corrected chi connectivity index (χ4v) is 6.57. The van der Waals surface area contributed by atoms with Crippen LogP contribution < -0.4 is 0 Å². The van der Waals surface area contributed by atoms with Gasteiger partial charge in [-0.05, 0) is 103 Å². The Kier molecular flexibility index (Phi) is 5.65. The van der Waals surface area contributed by atoms with Gasteiger partial charge >= 0.3 is 0 Å². The molecule has 2 heteroatoms. The zero-order valence-corrected chi connectivity index (χ0v) is 24.3. The molecule has 0 saturated carbocycles. The van der Waals surface area contributed by atoms with Crippen molar-refractivity contribution in [1.29, 1.82) is 0 Å². The molecule has 0 amide bonds. The molecular formula is C36H24Br2. The second kappa shape index (κ2) is 9.08. The Hall–Kier alpha value is -3.46. The molecule has 0 aliphatic rings. The molecule has 0 saturated heterocycles. The summed E-state index contributed by atoms with van der Waals surface area (Å²) in [5.74, 6) is 0. The quantitative estimate of drug-likeness (QED) is 0.134. The second-order valence-electron chi connectivity index (χ2n) is 10.2. The van der Waals surface area contributed by atoms with Gasteiger partial charge in [-0.15, -0.1) is 0 Å². The van der Waals surface area contributed by atoms with Gasteiger partial charge in [0.25, 0.3) is 0 Å². The minimum absolute atomic E-state index is 1.09. The molecule has 0 unspecified atom stereocenters. The van der Waals surface area contributed by atoms with Crippen LogP contribution in [0.1, 0.15) is 11.1 Å². The number of fused-ring (bicyclic) bond motifs is 6. The summed E-state index contributed by atoms with van der Waals surface area (Å²) in [6.07, 6.45) is 0. The Morgan fingerprint density at radius 3 is 1.24 bits per heavy atom. The molecular weight excluding hydrogens is 592 g/mol. The van der Waals surface area contributed by atoms with E-state index in [0.29, 0.717) is 0 Å². The van der Waals surface area contributed by atoms with Crippen molar-refractivity contribution in [3.63, 3.8) is 0 Å². The highest BCUT2D eigenvalue weighted by Gasteiger charge is 2.20. The van der Waals surface area contributed by atoms with Crippen LogP contribution in [0.4, 0.5) is 0 Å². The zero-order valence-electron chi connectivity index (χ0n) is 21.1. The summed E-state index contributed by atoms with van der Waals surface area (Å²) in [5.41, 5.74) is 7.58. The van der Waals surface area contributed by atoms with Crippen LogP contribution in [-0.4, -0.2) is 0 Å². The topological polar surface area (TPSA) is 0 Å². The summed E-state index contributed by atoms with van der Waals surface area (Å²) in [6.45, 7) is 4.30. The van der Waals surface area contributed by atoms with Crippen LogP contribution in [0.2, 0.25) is 0 Å². The van der Waals surface area contributed by atoms with Gasteiger partial charge in [-0.1, -0.05) is 128 Å². The molecule has 0 nitrogen and oxygen atoms in total. The Labute approximate surface area is 239 Å². The van der Waals surface area contributed by atoms with Gasteiger partial charge in [0.1, 0.15) is 0 Å². The SMILES string of the molecule is Cc1ccc(-c2c3ccc4ccc(Br)cc4c3c(-c3ccc(C)cc3)c3c2ccc2ccc(Br)cc23)cc1. The van der Waals surface area contributed by atoms with Crippen molar-refractivity contribution in [2.24, 2.45) is 0 Å². The molecule has 7 aromatic rings. The molecule has 38 heavy (non-hydrogen) atoms. The van der Waals surface area contributed by atoms with Crippen molar-refractivity contribution in [1.82, 2.24) is 0 Å². The lowest BCUT2D eigenvalue weighted by Gasteiger charge is -2.21. The molecule has 182 valence electrons. The van der Waals surface area contributed by atoms with Crippen LogP contribution in [0, 0.1) is 13.8 Å². The number of halogens is 2. The van der Waals surface area contributed by atoms with E-state index in [9.17, 15) is 0 Å². The standard InChI is InChI=1S/C36H24Br2/c1-21-3-7-25(8-4-21)33-29-17-13-23-11-15-27(37)19-31(23)35(29)34(26-9-5-22(2)6-10-26)36-30(33)18-14-24-12-16-28(38)20-32(24)36/h3-20H,1-2H3. The molecule has 0 heterocycles. The minimum atomic E-state index is 1.09. The highest BCUT2D eigenvalue weighted by molar-refractivity contribution is 9.10. The fraction of sp³-hybridized carbons (Fsp3) is 0.0556. The zero-order chi connectivity index (χ0) is 26.0. The van der Waals surface area contributed by atoms with Crippen molar-refractivity contribution in [3.05, 3.63) is 129 Å². The first-order valence-corrected chi connectivity index (χ1v) is 14.4. The number of hydrogen-bond donors (Lipinski definition) is 0. The maximum Gasteiger partial charge on any atom is 0.0181 e. The van der Waals surface area contributed by atoms with Crippen LogP contribution in [0.15, 0.2) is 118 Å². The summed E-state index contributed by atoms with van der Waals surface area (Å²) in [4.78, 5) is 0. The largest absolute Gasteiger partial charge is 0.0587 e. The van der Waals surface area contributed by atoms with Gasteiger partial charge in [0, 0.05) is 8.95 Å². The van der Waals surface area contributed by atoms with Gasteiger partial charge in [0.05, 0.1) is 0 Å². The van der Waals surface area contributed by atoms with E-state index in [0.717, 1.165) is 8.95 Å². The molecule has 0 atom stereocenters. The van der Waals surface area contributed by atoms with E-state index in [1.807, 2.05) is 0 Å². The van der Waals surface area contributed by atoms with Crippen molar-refractivity contribution in [2.75, 3.05) is 0 Å². The average Bonchev–Trinajstić information content (AvgIpc) is 2.92. The van der Waals surface area contributed by atoms with E-state index in [2.05, 4.69) is 155 Å². The third-order valence-electron chi connectivity index (χ3n) is 7.69. The van der Waals surface area contributed by atoms with Crippen molar-refractivity contribution in [2.45, 2.75) is 13.8 Å². The highest BCUT2D eigenvalue weighted by atomic mass is 79.9. The number of benzene rings is 7. The first kappa shape index (κ1) is 23.6. The van der Waals surface area contributed by atoms with Crippen molar-refractivity contribution in [3.8, 4) is 22.3 Å². The van der Waals surface area contributed by atoms with Crippen molar-refractivity contribution < 1.29 is 0 Å². The number of hydrogen-bond acceptors (Lipinski definition) is 0. The van der Waals surface area contributed by atoms with Gasteiger partial charge in [-0.2, -0.15) is 0 Å². The van der Waals surface area contributed by atoms with Crippen LogP contribution >= 0.6 is 31.9 Å². The number of aryl methyl sites for hydroxylation is 2. The summed E-state index contributed by atoms with van der Waals surface area (Å²) < 4.78 is 2.18. The van der Waals surface area contributed by atoms with E-state index < -0.39 is 0 Å². The van der Waals surface area contributed by atoms with Gasteiger partial charge in [-0.3, -0.25) is 0 Å². The monoisotopic (exact) mass is 614 g/mol. The lowest BCUT2D eigenvalue weighted by atomic mass is 9.82. The van der Waals surface area contributed by atoms with E-state index in [1.165, 1.54) is 76.5 Å². The third-order valence-corrected chi connectivity index (χ3v) is 8.67. The van der Waals surface area contributed by atoms with Crippen LogP contribution in [0.25, 0.3) is 65.3 Å². The summed E-state index contributed by atoms with van der Waals surface area (Å²) >= 11 is 7.55. The van der Waals surface area contributed by atoms with E-state index >= 15 is 0 Å². The molecule has 0 aliphatic carbocycles. The van der Waals surface area contributed by atoms with E-state index in [-0.39, 0.29) is 0 Å². The normalized spacial score (nSPS) is 11.7. The average molecular weight is 616 g/mol. The Morgan fingerprint density at radius 2 is 0.789 bits per heavy atom. The lowest BCUT2D eigenvalue weighted by molar-refractivity contribution is 1.47. The molecule has 0 spiro atoms. The summed E-state index contributed by atoms with van der Waals surface area (Å²) in [6, 6.07) is 40.4. The third kappa shape index (κ3) is 3.78. The molecule has 0 fully saturated rings. The molecule has 0 N–H and O–H groups in total. The van der Waals surface area contributed by atoms with Crippen LogP contribution in [0.5, 0.6) is 0 Å². The Bertz CT molecular complexity index is 1930. The number of rotatable bonds is 2. The minimum Gasteiger partial charge on any atom is -0.0587 e. The molecule has 0 aliphatic heterocycles. The summed E-state index contributed by atoms with van der Waals surface area (Å²) in [7, 11) is 0. The van der Waals surface area contributed by atoms with Crippen LogP contribution in [0.3, 0.4) is 0 Å². The van der Waals surface area contributed by atoms with Gasteiger partial charge in [0.2, 0.25) is 0 Å². The maximum atomic E-state index is 3.77. The van der Waals surface area contributed by atoms with E-state index in [1.54, 1.807) is 0 Å². The molecule has 0 aromatic heterocycles. The smallest absolute Gasteiger partial charge is 0.0181 e. The Balaban J connectivity index is 1.83. The predicted octanol–water partition coefficient (Wildman–Crippen LogP) is 11.8. The Morgan fingerprint density at radius 1 is 0.395 bits per heavy atom. The van der Waals surface area contributed by atoms with Crippen LogP contribution in [-0.2, 0) is 0 Å². The fourth-order valence-electron chi connectivity index (χ4n) is 5.85. The first-order valence-electron chi connectivity index (χ1n) is 12.8. The lowest BCUT2D eigenvalue weighted by Crippen LogP contribution is -1.93. The molecule has 0 radical (unpaired) electrons. The maximum absolute atomic E-state index is 3.77. The predicted molar refractivity (Wildman–Crippen MR) is 172 cm³/mol. The van der Waals surface area contributed by atoms with Crippen molar-refractivity contribution >= 4 is 74.9 Å². The van der Waals surface area contributed by atoms with E-state index in [4.69, 9.17) is 0 Å². The highest BCUT2D eigenvalue weighted by Crippen LogP contribution is 2.48. The molecule has 0 bridgehead atoms. The first-order chi connectivity index (χ1) is 18.5. The van der Waals surface area contributed by atoms with Gasteiger partial charge in [0.15, 0.2) is 0 Å².